The Morgan fingerprint density at radius 1 is 0.903 bits per heavy atom. The Labute approximate surface area is 185 Å². The zero-order valence-electron chi connectivity index (χ0n) is 16.9. The first-order valence-electron chi connectivity index (χ1n) is 10.0. The van der Waals surface area contributed by atoms with Crippen molar-refractivity contribution in [3.8, 4) is 5.75 Å². The summed E-state index contributed by atoms with van der Waals surface area (Å²) in [6.45, 7) is 0.503. The van der Waals surface area contributed by atoms with Gasteiger partial charge in [-0.3, -0.25) is 4.79 Å². The lowest BCUT2D eigenvalue weighted by atomic mass is 10.1. The van der Waals surface area contributed by atoms with Crippen LogP contribution in [-0.4, -0.2) is 28.3 Å². The highest BCUT2D eigenvalue weighted by Gasteiger charge is 2.14. The van der Waals surface area contributed by atoms with Gasteiger partial charge in [0.15, 0.2) is 5.75 Å². The molecule has 2 N–H and O–H groups in total. The lowest BCUT2D eigenvalue weighted by Crippen LogP contribution is -2.25. The molecule has 5 heteroatoms. The lowest BCUT2D eigenvalue weighted by Gasteiger charge is -2.09. The van der Waals surface area contributed by atoms with Crippen molar-refractivity contribution < 1.29 is 9.90 Å². The molecule has 154 valence electrons. The van der Waals surface area contributed by atoms with Crippen molar-refractivity contribution in [3.63, 3.8) is 0 Å². The van der Waals surface area contributed by atoms with E-state index in [4.69, 9.17) is 0 Å². The largest absolute Gasteiger partial charge is 0.505 e. The number of hydrogen-bond donors (Lipinski definition) is 2. The van der Waals surface area contributed by atoms with Crippen molar-refractivity contribution in [1.29, 1.82) is 0 Å². The van der Waals surface area contributed by atoms with Crippen LogP contribution in [0.5, 0.6) is 5.75 Å². The van der Waals surface area contributed by atoms with Gasteiger partial charge in [0.05, 0.1) is 11.3 Å². The quantitative estimate of drug-likeness (QED) is 0.297. The van der Waals surface area contributed by atoms with Gasteiger partial charge in [-0.15, -0.1) is 11.8 Å². The Bertz CT molecular complexity index is 1210. The van der Waals surface area contributed by atoms with Gasteiger partial charge in [-0.25, -0.2) is 4.98 Å². The zero-order chi connectivity index (χ0) is 21.5. The minimum Gasteiger partial charge on any atom is -0.505 e. The summed E-state index contributed by atoms with van der Waals surface area (Å²) in [6.07, 6.45) is 3.86. The number of aromatic nitrogens is 1. The summed E-state index contributed by atoms with van der Waals surface area (Å²) < 4.78 is 0. The molecule has 1 heterocycles. The van der Waals surface area contributed by atoms with Crippen LogP contribution in [0.4, 0.5) is 0 Å². The monoisotopic (exact) mass is 426 g/mol. The van der Waals surface area contributed by atoms with E-state index in [0.717, 1.165) is 21.6 Å². The van der Waals surface area contributed by atoms with E-state index in [1.165, 1.54) is 0 Å². The predicted octanol–water partition coefficient (Wildman–Crippen LogP) is 5.63. The van der Waals surface area contributed by atoms with Crippen molar-refractivity contribution in [2.45, 2.75) is 4.90 Å². The fourth-order valence-corrected chi connectivity index (χ4v) is 3.95. The van der Waals surface area contributed by atoms with Crippen LogP contribution in [-0.2, 0) is 0 Å². The van der Waals surface area contributed by atoms with E-state index in [0.29, 0.717) is 17.8 Å². The molecular weight excluding hydrogens is 404 g/mol. The number of carbonyl (C=O) groups excluding carboxylic acids is 1. The number of fused-ring (bicyclic) bond motifs is 1. The number of rotatable bonds is 7. The number of phenols is 1. The van der Waals surface area contributed by atoms with Gasteiger partial charge < -0.3 is 10.4 Å². The third-order valence-electron chi connectivity index (χ3n) is 4.75. The van der Waals surface area contributed by atoms with Gasteiger partial charge >= 0.3 is 0 Å². The molecule has 31 heavy (non-hydrogen) atoms. The number of phenolic OH excluding ortho intramolecular Hbond substituents is 1. The highest BCUT2D eigenvalue weighted by molar-refractivity contribution is 7.99. The van der Waals surface area contributed by atoms with Crippen LogP contribution in [0.25, 0.3) is 23.1 Å². The number of pyridine rings is 1. The highest BCUT2D eigenvalue weighted by Crippen LogP contribution is 2.28. The van der Waals surface area contributed by atoms with Crippen LogP contribution < -0.4 is 5.32 Å². The summed E-state index contributed by atoms with van der Waals surface area (Å²) in [6, 6.07) is 27.2. The summed E-state index contributed by atoms with van der Waals surface area (Å²) in [4.78, 5) is 18.3. The van der Waals surface area contributed by atoms with Crippen molar-refractivity contribution in [2.75, 3.05) is 12.3 Å². The molecule has 0 fully saturated rings. The normalized spacial score (nSPS) is 11.1. The Balaban J connectivity index is 1.45. The van der Waals surface area contributed by atoms with Gasteiger partial charge in [0.1, 0.15) is 5.52 Å². The Hall–Kier alpha value is -3.57. The van der Waals surface area contributed by atoms with Gasteiger partial charge in [-0.1, -0.05) is 66.7 Å². The van der Waals surface area contributed by atoms with Gasteiger partial charge in [-0.05, 0) is 35.9 Å². The molecule has 0 saturated carbocycles. The van der Waals surface area contributed by atoms with E-state index >= 15 is 0 Å². The van der Waals surface area contributed by atoms with Crippen molar-refractivity contribution >= 4 is 40.7 Å². The average molecular weight is 427 g/mol. The third kappa shape index (κ3) is 5.32. The van der Waals surface area contributed by atoms with Gasteiger partial charge in [0.25, 0.3) is 5.91 Å². The Morgan fingerprint density at radius 2 is 1.61 bits per heavy atom. The molecule has 0 atom stereocenters. The van der Waals surface area contributed by atoms with Crippen LogP contribution in [0, 0.1) is 0 Å². The molecule has 0 spiro atoms. The number of aromatic hydroxyl groups is 1. The van der Waals surface area contributed by atoms with Crippen molar-refractivity contribution in [3.05, 3.63) is 102 Å². The maximum atomic E-state index is 12.6. The topological polar surface area (TPSA) is 62.2 Å². The molecule has 4 rings (SSSR count). The number of nitrogens with zero attached hydrogens (tertiary/aromatic N) is 1. The molecule has 0 unspecified atom stereocenters. The van der Waals surface area contributed by atoms with Gasteiger partial charge in [-0.2, -0.15) is 0 Å². The fourth-order valence-electron chi connectivity index (χ4n) is 3.16. The van der Waals surface area contributed by atoms with Gasteiger partial charge in [0.2, 0.25) is 0 Å². The van der Waals surface area contributed by atoms with Crippen LogP contribution in [0.15, 0.2) is 89.8 Å². The molecule has 0 radical (unpaired) electrons. The fraction of sp³-hybridized carbons (Fsp3) is 0.0769. The van der Waals surface area contributed by atoms with E-state index in [-0.39, 0.29) is 17.2 Å². The smallest absolute Gasteiger partial charge is 0.255 e. The molecule has 0 bridgehead atoms. The highest BCUT2D eigenvalue weighted by atomic mass is 32.2. The maximum absolute atomic E-state index is 12.6. The summed E-state index contributed by atoms with van der Waals surface area (Å²) in [5, 5.41) is 14.4. The number of hydrogen-bond acceptors (Lipinski definition) is 4. The molecule has 4 nitrogen and oxygen atoms in total. The van der Waals surface area contributed by atoms with Crippen molar-refractivity contribution in [2.24, 2.45) is 0 Å². The predicted molar refractivity (Wildman–Crippen MR) is 128 cm³/mol. The molecule has 0 aliphatic rings. The number of nitrogens with one attached hydrogen (secondary N) is 1. The molecule has 0 aliphatic carbocycles. The molecule has 0 aliphatic heterocycles. The minimum absolute atomic E-state index is 0.0966. The van der Waals surface area contributed by atoms with Gasteiger partial charge in [0, 0.05) is 22.6 Å². The first kappa shape index (κ1) is 20.7. The third-order valence-corrected chi connectivity index (χ3v) is 5.76. The zero-order valence-corrected chi connectivity index (χ0v) is 17.7. The number of benzene rings is 3. The van der Waals surface area contributed by atoms with Crippen LogP contribution >= 0.6 is 11.8 Å². The van der Waals surface area contributed by atoms with Crippen LogP contribution in [0.1, 0.15) is 21.6 Å². The minimum atomic E-state index is -0.305. The second kappa shape index (κ2) is 9.96. The Kier molecular flexibility index (Phi) is 6.65. The first-order chi connectivity index (χ1) is 15.2. The number of thioether (sulfide) groups is 1. The van der Waals surface area contributed by atoms with E-state index in [2.05, 4.69) is 10.3 Å². The summed E-state index contributed by atoms with van der Waals surface area (Å²) in [5.74, 6) is 0.345. The number of amides is 1. The van der Waals surface area contributed by atoms with E-state index < -0.39 is 0 Å². The lowest BCUT2D eigenvalue weighted by molar-refractivity contribution is 0.0953. The molecule has 0 saturated heterocycles. The van der Waals surface area contributed by atoms with Crippen LogP contribution in [0.2, 0.25) is 0 Å². The van der Waals surface area contributed by atoms with E-state index in [1.54, 1.807) is 23.9 Å². The van der Waals surface area contributed by atoms with E-state index in [9.17, 15) is 9.90 Å². The molecule has 4 aromatic rings. The summed E-state index contributed by atoms with van der Waals surface area (Å²) in [5.41, 5.74) is 2.43. The standard InChI is InChI=1S/C26H22N2O2S/c29-25-23(26(30)27-17-18-31-22-9-5-2-6-10-22)16-13-20-12-15-21(28-24(20)25)14-11-19-7-3-1-4-8-19/h1-16,29H,17-18H2,(H,27,30). The van der Waals surface area contributed by atoms with E-state index in [1.807, 2.05) is 84.9 Å². The van der Waals surface area contributed by atoms with Crippen molar-refractivity contribution in [1.82, 2.24) is 10.3 Å². The first-order valence-corrected chi connectivity index (χ1v) is 11.0. The second-order valence-corrected chi connectivity index (χ2v) is 8.10. The maximum Gasteiger partial charge on any atom is 0.255 e. The molecule has 3 aromatic carbocycles. The SMILES string of the molecule is O=C(NCCSc1ccccc1)c1ccc2ccc(C=Cc3ccccc3)nc2c1O. The molecular formula is C26H22N2O2S. The second-order valence-electron chi connectivity index (χ2n) is 6.93. The summed E-state index contributed by atoms with van der Waals surface area (Å²) >= 11 is 1.67. The Morgan fingerprint density at radius 3 is 2.39 bits per heavy atom. The molecule has 1 aromatic heterocycles. The molecule has 1 amide bonds. The average Bonchev–Trinajstić information content (AvgIpc) is 2.82. The summed E-state index contributed by atoms with van der Waals surface area (Å²) in [7, 11) is 0. The van der Waals surface area contributed by atoms with Crippen LogP contribution in [0.3, 0.4) is 0 Å². The number of carbonyl (C=O) groups is 1.